The second-order valence-electron chi connectivity index (χ2n) is 13.8. The molecule has 0 aliphatic carbocycles. The minimum Gasteiger partial charge on any atom is -0.381 e. The number of pyridine rings is 1. The van der Waals surface area contributed by atoms with Gasteiger partial charge in [-0.25, -0.2) is 9.37 Å². The smallest absolute Gasteiger partial charge is 0.265 e. The van der Waals surface area contributed by atoms with Gasteiger partial charge in [0.15, 0.2) is 0 Å². The highest BCUT2D eigenvalue weighted by atomic mass is 32.1. The van der Waals surface area contributed by atoms with Crippen molar-refractivity contribution in [3.8, 4) is 16.5 Å². The van der Waals surface area contributed by atoms with Crippen molar-refractivity contribution in [1.82, 2.24) is 4.98 Å². The Morgan fingerprint density at radius 2 is 1.74 bits per heavy atom. The highest BCUT2D eigenvalue weighted by Crippen LogP contribution is 2.44. The third-order valence-corrected chi connectivity index (χ3v) is 11.4. The van der Waals surface area contributed by atoms with Crippen molar-refractivity contribution in [2.24, 2.45) is 5.41 Å². The zero-order valence-electron chi connectivity index (χ0n) is 28.9. The third-order valence-electron chi connectivity index (χ3n) is 10.2. The summed E-state index contributed by atoms with van der Waals surface area (Å²) in [5, 5.41) is 15.0. The fraction of sp³-hybridized carbons (Fsp3) is 0.244. The van der Waals surface area contributed by atoms with E-state index >= 15 is 0 Å². The summed E-state index contributed by atoms with van der Waals surface area (Å²) in [5.41, 5.74) is 4.94. The van der Waals surface area contributed by atoms with E-state index in [-0.39, 0.29) is 28.5 Å². The van der Waals surface area contributed by atoms with Gasteiger partial charge in [0, 0.05) is 66.2 Å². The number of fused-ring (bicyclic) bond motifs is 3. The molecule has 12 heteroatoms. The number of nitrogens with one attached hydrogen (secondary N) is 2. The van der Waals surface area contributed by atoms with Gasteiger partial charge >= 0.3 is 0 Å². The maximum atomic E-state index is 14.5. The molecule has 0 unspecified atom stereocenters. The number of nitrogens with zero attached hydrogens (tertiary/aromatic N) is 4. The number of nitriles is 1. The minimum atomic E-state index is -0.686. The van der Waals surface area contributed by atoms with Crippen LogP contribution in [0.15, 0.2) is 85.1 Å². The van der Waals surface area contributed by atoms with Crippen LogP contribution < -0.4 is 20.4 Å². The summed E-state index contributed by atoms with van der Waals surface area (Å²) in [6, 6.07) is 24.0. The molecule has 53 heavy (non-hydrogen) atoms. The Labute approximate surface area is 309 Å². The zero-order valence-corrected chi connectivity index (χ0v) is 29.8. The molecule has 2 aromatic heterocycles. The quantitative estimate of drug-likeness (QED) is 0.186. The summed E-state index contributed by atoms with van der Waals surface area (Å²) in [5.74, 6) is -0.980. The largest absolute Gasteiger partial charge is 0.381 e. The molecular formula is C41H35FN6O4S. The van der Waals surface area contributed by atoms with E-state index in [1.54, 1.807) is 41.4 Å². The molecule has 3 amide bonds. The first-order chi connectivity index (χ1) is 25.7. The maximum Gasteiger partial charge on any atom is 0.265 e. The van der Waals surface area contributed by atoms with Crippen molar-refractivity contribution in [2.45, 2.75) is 26.2 Å². The fourth-order valence-electron chi connectivity index (χ4n) is 7.40. The van der Waals surface area contributed by atoms with Crippen LogP contribution in [-0.2, 0) is 11.2 Å². The van der Waals surface area contributed by atoms with E-state index < -0.39 is 11.7 Å². The van der Waals surface area contributed by atoms with E-state index in [9.17, 15) is 24.0 Å². The van der Waals surface area contributed by atoms with Gasteiger partial charge in [-0.2, -0.15) is 5.26 Å². The number of halogens is 1. The normalized spacial score (nSPS) is 15.7. The van der Waals surface area contributed by atoms with Crippen LogP contribution >= 0.6 is 11.3 Å². The van der Waals surface area contributed by atoms with E-state index in [1.165, 1.54) is 29.5 Å². The van der Waals surface area contributed by atoms with E-state index in [2.05, 4.69) is 20.5 Å². The van der Waals surface area contributed by atoms with Crippen molar-refractivity contribution in [3.63, 3.8) is 0 Å². The number of thiophene rings is 1. The van der Waals surface area contributed by atoms with Gasteiger partial charge in [-0.3, -0.25) is 14.4 Å². The first-order valence-corrected chi connectivity index (χ1v) is 18.3. The molecule has 3 aliphatic rings. The number of rotatable bonds is 6. The van der Waals surface area contributed by atoms with E-state index in [0.29, 0.717) is 46.2 Å². The van der Waals surface area contributed by atoms with Crippen molar-refractivity contribution in [2.75, 3.05) is 53.3 Å². The number of carbonyl (C=O) groups is 3. The van der Waals surface area contributed by atoms with Crippen molar-refractivity contribution in [1.29, 1.82) is 5.26 Å². The molecule has 0 saturated carbocycles. The Bertz CT molecular complexity index is 2300. The van der Waals surface area contributed by atoms with Gasteiger partial charge in [0.1, 0.15) is 17.7 Å². The molecule has 0 atom stereocenters. The molecule has 0 radical (unpaired) electrons. The van der Waals surface area contributed by atoms with Gasteiger partial charge in [-0.05, 0) is 91.9 Å². The number of hydrogen-bond acceptors (Lipinski definition) is 8. The number of anilines is 4. The fourth-order valence-corrected chi connectivity index (χ4v) is 8.54. The summed E-state index contributed by atoms with van der Waals surface area (Å²) >= 11 is 1.26. The minimum absolute atomic E-state index is 0.0370. The standard InChI is InChI=1S/C41H35FN6O4S/c1-25-19-31(37(44-22-25)47-23-41(24-47)14-17-52-18-15-41)38(49)45-29-11-9-26(10-12-29)40(51)48-16-13-27-20-34(53-36(27)30-6-2-3-8-33(30)48)39(50)46-35-28(21-43)5-4-7-32(35)42/h2-12,19-20,22H,13-18,23-24H2,1H3,(H,45,49)(H,46,50). The molecule has 5 aromatic rings. The SMILES string of the molecule is Cc1cnc(N2CC3(CCOCC3)C2)c(C(=O)Nc2ccc(C(=O)N3CCc4cc(C(=O)Nc5c(F)cccc5C#N)sc4-c4ccccc43)cc2)c1. The molecular weight excluding hydrogens is 692 g/mol. The highest BCUT2D eigenvalue weighted by molar-refractivity contribution is 7.17. The molecule has 8 rings (SSSR count). The number of benzene rings is 3. The van der Waals surface area contributed by atoms with Crippen LogP contribution in [0.4, 0.5) is 27.3 Å². The molecule has 5 heterocycles. The van der Waals surface area contributed by atoms with Gasteiger partial charge in [0.2, 0.25) is 0 Å². The second-order valence-corrected chi connectivity index (χ2v) is 14.9. The number of carbonyl (C=O) groups excluding carboxylic acids is 3. The van der Waals surface area contributed by atoms with Crippen LogP contribution in [0.25, 0.3) is 10.4 Å². The summed E-state index contributed by atoms with van der Waals surface area (Å²) in [6.45, 7) is 5.53. The molecule has 2 saturated heterocycles. The Morgan fingerprint density at radius 3 is 2.51 bits per heavy atom. The van der Waals surface area contributed by atoms with E-state index in [1.807, 2.05) is 43.3 Å². The average molecular weight is 727 g/mol. The zero-order chi connectivity index (χ0) is 36.7. The lowest BCUT2D eigenvalue weighted by Crippen LogP contribution is -2.59. The van der Waals surface area contributed by atoms with Crippen LogP contribution in [0.2, 0.25) is 0 Å². The van der Waals surface area contributed by atoms with Crippen molar-refractivity contribution in [3.05, 3.63) is 124 Å². The lowest BCUT2D eigenvalue weighted by Gasteiger charge is -2.53. The monoisotopic (exact) mass is 726 g/mol. The number of aromatic nitrogens is 1. The first kappa shape index (κ1) is 34.2. The molecule has 1 spiro atoms. The molecule has 266 valence electrons. The molecule has 0 bridgehead atoms. The Hall–Kier alpha value is -5.90. The summed E-state index contributed by atoms with van der Waals surface area (Å²) in [7, 11) is 0. The van der Waals surface area contributed by atoms with Gasteiger partial charge in [-0.15, -0.1) is 11.3 Å². The van der Waals surface area contributed by atoms with Crippen LogP contribution in [0.1, 0.15) is 59.9 Å². The number of aryl methyl sites for hydroxylation is 1. The summed E-state index contributed by atoms with van der Waals surface area (Å²) in [4.78, 5) is 50.6. The lowest BCUT2D eigenvalue weighted by atomic mass is 9.73. The predicted molar refractivity (Wildman–Crippen MR) is 202 cm³/mol. The molecule has 2 N–H and O–H groups in total. The molecule has 3 aromatic carbocycles. The Morgan fingerprint density at radius 1 is 0.962 bits per heavy atom. The van der Waals surface area contributed by atoms with Crippen molar-refractivity contribution >= 4 is 51.9 Å². The topological polar surface area (TPSA) is 128 Å². The molecule has 2 fully saturated rings. The average Bonchev–Trinajstić information content (AvgIpc) is 3.53. The van der Waals surface area contributed by atoms with E-state index in [0.717, 1.165) is 60.7 Å². The van der Waals surface area contributed by atoms with Crippen LogP contribution in [0, 0.1) is 29.5 Å². The lowest BCUT2D eigenvalue weighted by molar-refractivity contribution is -0.000511. The van der Waals surface area contributed by atoms with Gasteiger partial charge in [-0.1, -0.05) is 24.3 Å². The maximum absolute atomic E-state index is 14.5. The van der Waals surface area contributed by atoms with Crippen molar-refractivity contribution < 1.29 is 23.5 Å². The molecule has 3 aliphatic heterocycles. The Kier molecular flexibility index (Phi) is 8.98. The molecule has 10 nitrogen and oxygen atoms in total. The number of ether oxygens (including phenoxy) is 1. The number of para-hydroxylation sites is 2. The number of hydrogen-bond donors (Lipinski definition) is 2. The van der Waals surface area contributed by atoms with Crippen LogP contribution in [-0.4, -0.2) is 55.6 Å². The first-order valence-electron chi connectivity index (χ1n) is 17.5. The highest BCUT2D eigenvalue weighted by Gasteiger charge is 2.45. The number of amides is 3. The predicted octanol–water partition coefficient (Wildman–Crippen LogP) is 7.45. The second kappa shape index (κ2) is 13.9. The third kappa shape index (κ3) is 6.54. The van der Waals surface area contributed by atoms with Crippen LogP contribution in [0.5, 0.6) is 0 Å². The van der Waals surface area contributed by atoms with Gasteiger partial charge < -0.3 is 25.2 Å². The summed E-state index contributed by atoms with van der Waals surface area (Å²) < 4.78 is 20.1. The van der Waals surface area contributed by atoms with Gasteiger partial charge in [0.05, 0.1) is 27.4 Å². The Balaban J connectivity index is 0.978. The van der Waals surface area contributed by atoms with Gasteiger partial charge in [0.25, 0.3) is 17.7 Å². The van der Waals surface area contributed by atoms with E-state index in [4.69, 9.17) is 4.74 Å². The summed E-state index contributed by atoms with van der Waals surface area (Å²) in [6.07, 6.45) is 4.31. The van der Waals surface area contributed by atoms with Crippen LogP contribution in [0.3, 0.4) is 0 Å².